The van der Waals surface area contributed by atoms with Gasteiger partial charge in [0.2, 0.25) is 0 Å². The van der Waals surface area contributed by atoms with Gasteiger partial charge in [-0.15, -0.1) is 0 Å². The van der Waals surface area contributed by atoms with Gasteiger partial charge in [0, 0.05) is 11.8 Å². The minimum atomic E-state index is -0.462. The molecule has 6 heteroatoms. The number of carbonyl (C=O) groups excluding carboxylic acids is 1. The number of nitrogens with two attached hydrogens (primary N) is 1. The van der Waals surface area contributed by atoms with Gasteiger partial charge in [0.1, 0.15) is 5.75 Å². The number of carbonyl (C=O) groups is 1. The van der Waals surface area contributed by atoms with Crippen LogP contribution < -0.4 is 10.5 Å². The highest BCUT2D eigenvalue weighted by atomic mass is 16.6. The molecule has 3 aromatic rings. The Hall–Kier alpha value is -3.67. The zero-order chi connectivity index (χ0) is 32.9. The number of benzene rings is 3. The van der Waals surface area contributed by atoms with E-state index in [0.717, 1.165) is 43.1 Å². The molecule has 0 saturated heterocycles. The second-order valence-electron chi connectivity index (χ2n) is 13.5. The number of anilines is 1. The number of ether oxygens (including phenoxy) is 1. The zero-order valence-electron chi connectivity index (χ0n) is 28.3. The van der Waals surface area contributed by atoms with E-state index < -0.39 is 5.97 Å². The Morgan fingerprint density at radius 1 is 0.870 bits per heavy atom. The molecule has 0 aromatic heterocycles. The lowest BCUT2D eigenvalue weighted by Crippen LogP contribution is -2.15. The van der Waals surface area contributed by atoms with Gasteiger partial charge < -0.3 is 10.5 Å². The average Bonchev–Trinajstić information content (AvgIpc) is 3.06. The minimum absolute atomic E-state index is 0.0233. The maximum Gasteiger partial charge on any atom is 0.343 e. The molecule has 3 aromatic carbocycles. The first-order chi connectivity index (χ1) is 22.3. The highest BCUT2D eigenvalue weighted by Gasteiger charge is 2.23. The molecule has 1 saturated carbocycles. The fourth-order valence-corrected chi connectivity index (χ4v) is 7.00. The summed E-state index contributed by atoms with van der Waals surface area (Å²) < 4.78 is 5.65. The van der Waals surface area contributed by atoms with Crippen molar-refractivity contribution >= 4 is 17.3 Å². The molecule has 0 bridgehead atoms. The van der Waals surface area contributed by atoms with E-state index >= 15 is 0 Å². The van der Waals surface area contributed by atoms with E-state index in [9.17, 15) is 14.9 Å². The van der Waals surface area contributed by atoms with Gasteiger partial charge in [0.25, 0.3) is 5.69 Å². The number of hydrogen-bond donors (Lipinski definition) is 1. The first kappa shape index (κ1) is 35.2. The fraction of sp³-hybridized carbons (Fsp3) is 0.525. The summed E-state index contributed by atoms with van der Waals surface area (Å²) in [5, 5.41) is 12.0. The van der Waals surface area contributed by atoms with Crippen molar-refractivity contribution in [3.63, 3.8) is 0 Å². The first-order valence-corrected chi connectivity index (χ1v) is 17.8. The van der Waals surface area contributed by atoms with Crippen molar-refractivity contribution in [2.45, 2.75) is 123 Å². The Bertz CT molecular complexity index is 1390. The average molecular weight is 627 g/mol. The van der Waals surface area contributed by atoms with Crippen molar-refractivity contribution in [3.8, 4) is 16.9 Å². The highest BCUT2D eigenvalue weighted by Crippen LogP contribution is 2.38. The van der Waals surface area contributed by atoms with Crippen LogP contribution in [0.2, 0.25) is 0 Å². The highest BCUT2D eigenvalue weighted by molar-refractivity contribution is 5.92. The van der Waals surface area contributed by atoms with Crippen LogP contribution in [0.25, 0.3) is 11.1 Å². The van der Waals surface area contributed by atoms with E-state index in [-0.39, 0.29) is 16.5 Å². The second-order valence-corrected chi connectivity index (χ2v) is 13.5. The number of hydrogen-bond acceptors (Lipinski definition) is 5. The largest absolute Gasteiger partial charge is 0.423 e. The van der Waals surface area contributed by atoms with Crippen molar-refractivity contribution in [1.29, 1.82) is 0 Å². The number of unbranched alkanes of at least 4 members (excludes halogenated alkanes) is 5. The molecule has 0 spiro atoms. The van der Waals surface area contributed by atoms with Crippen LogP contribution in [0, 0.1) is 22.0 Å². The van der Waals surface area contributed by atoms with E-state index in [1.807, 2.05) is 12.1 Å². The number of rotatable bonds is 17. The third kappa shape index (κ3) is 10.2. The van der Waals surface area contributed by atoms with E-state index in [1.165, 1.54) is 76.2 Å². The summed E-state index contributed by atoms with van der Waals surface area (Å²) in [6.07, 6.45) is 18.8. The molecule has 1 aliphatic rings. The van der Waals surface area contributed by atoms with E-state index in [2.05, 4.69) is 32.9 Å². The van der Waals surface area contributed by atoms with Gasteiger partial charge >= 0.3 is 5.97 Å². The molecular formula is C40H54N2O4. The molecule has 0 amide bonds. The summed E-state index contributed by atoms with van der Waals surface area (Å²) in [5.41, 5.74) is 10.5. The topological polar surface area (TPSA) is 95.5 Å². The number of esters is 1. The van der Waals surface area contributed by atoms with E-state index in [0.29, 0.717) is 28.1 Å². The molecule has 2 N–H and O–H groups in total. The van der Waals surface area contributed by atoms with Crippen LogP contribution in [0.5, 0.6) is 5.75 Å². The molecule has 46 heavy (non-hydrogen) atoms. The molecule has 1 atom stereocenters. The number of nitrogens with zero attached hydrogens (tertiary/aromatic N) is 1. The van der Waals surface area contributed by atoms with Crippen LogP contribution in [0.1, 0.15) is 138 Å². The predicted octanol–water partition coefficient (Wildman–Crippen LogP) is 11.5. The van der Waals surface area contributed by atoms with Gasteiger partial charge in [0.15, 0.2) is 0 Å². The molecule has 248 valence electrons. The maximum absolute atomic E-state index is 12.9. The van der Waals surface area contributed by atoms with Gasteiger partial charge in [-0.3, -0.25) is 10.1 Å². The Labute approximate surface area is 276 Å². The Kier molecular flexibility index (Phi) is 13.7. The number of aryl methyl sites for hydroxylation is 1. The lowest BCUT2D eigenvalue weighted by molar-refractivity contribution is -0.384. The van der Waals surface area contributed by atoms with Gasteiger partial charge in [-0.25, -0.2) is 4.79 Å². The summed E-state index contributed by atoms with van der Waals surface area (Å²) >= 11 is 0. The number of nitro groups is 1. The normalized spacial score (nSPS) is 17.0. The summed E-state index contributed by atoms with van der Waals surface area (Å²) in [6, 6.07) is 17.9. The summed E-state index contributed by atoms with van der Waals surface area (Å²) in [6.45, 7) is 6.54. The van der Waals surface area contributed by atoms with E-state index in [1.54, 1.807) is 36.4 Å². The summed E-state index contributed by atoms with van der Waals surface area (Å²) in [5.74, 6) is 1.95. The van der Waals surface area contributed by atoms with Crippen LogP contribution in [0.15, 0.2) is 60.7 Å². The molecule has 0 aliphatic heterocycles. The van der Waals surface area contributed by atoms with Gasteiger partial charge in [-0.05, 0) is 84.0 Å². The minimum Gasteiger partial charge on any atom is -0.423 e. The smallest absolute Gasteiger partial charge is 0.343 e. The lowest BCUT2D eigenvalue weighted by Gasteiger charge is -2.28. The molecule has 1 fully saturated rings. The molecule has 1 aliphatic carbocycles. The summed E-state index contributed by atoms with van der Waals surface area (Å²) in [7, 11) is 0. The van der Waals surface area contributed by atoms with Crippen LogP contribution in [0.4, 0.5) is 11.4 Å². The van der Waals surface area contributed by atoms with E-state index in [4.69, 9.17) is 10.5 Å². The van der Waals surface area contributed by atoms with Crippen LogP contribution >= 0.6 is 0 Å². The Balaban J connectivity index is 1.31. The fourth-order valence-electron chi connectivity index (χ4n) is 7.00. The second kappa shape index (κ2) is 17.9. The van der Waals surface area contributed by atoms with Gasteiger partial charge in [0.05, 0.1) is 16.1 Å². The monoisotopic (exact) mass is 626 g/mol. The third-order valence-electron chi connectivity index (χ3n) is 10.0. The molecule has 0 radical (unpaired) electrons. The van der Waals surface area contributed by atoms with Crippen LogP contribution in [0.3, 0.4) is 0 Å². The van der Waals surface area contributed by atoms with Crippen molar-refractivity contribution < 1.29 is 14.5 Å². The SMILES string of the molecule is CCCCCC[C@@H](C)c1cc([N+](=O)[O-])c(-c2ccc(C(=O)Oc3ccc(CCC4CCC(CCCCC)CC4)cc3)cc2)cc1N. The molecule has 4 rings (SSSR count). The van der Waals surface area contributed by atoms with Crippen molar-refractivity contribution in [3.05, 3.63) is 87.5 Å². The quantitative estimate of drug-likeness (QED) is 0.0401. The van der Waals surface area contributed by atoms with Crippen LogP contribution in [-0.4, -0.2) is 10.9 Å². The third-order valence-corrected chi connectivity index (χ3v) is 10.0. The van der Waals surface area contributed by atoms with Crippen molar-refractivity contribution in [2.75, 3.05) is 5.73 Å². The van der Waals surface area contributed by atoms with Crippen LogP contribution in [-0.2, 0) is 6.42 Å². The molecular weight excluding hydrogens is 572 g/mol. The number of nitrogen functional groups attached to an aromatic ring is 1. The summed E-state index contributed by atoms with van der Waals surface area (Å²) in [4.78, 5) is 24.6. The number of nitro benzene ring substituents is 1. The Morgan fingerprint density at radius 3 is 2.13 bits per heavy atom. The zero-order valence-corrected chi connectivity index (χ0v) is 28.3. The molecule has 0 heterocycles. The molecule has 6 nitrogen and oxygen atoms in total. The predicted molar refractivity (Wildman–Crippen MR) is 189 cm³/mol. The molecule has 0 unspecified atom stereocenters. The lowest BCUT2D eigenvalue weighted by atomic mass is 9.78. The standard InChI is InChI=1S/C40H54N2O4/c1-4-6-8-10-11-29(3)36-28-39(42(44)45)37(27-38(36)41)33-21-23-34(24-22-33)40(43)46-35-25-19-32(20-26-35)18-17-31-15-13-30(14-16-31)12-9-7-5-2/h19-31H,4-18,41H2,1-3H3/t29-,30?,31?/m1/s1. The first-order valence-electron chi connectivity index (χ1n) is 17.8. The van der Waals surface area contributed by atoms with Gasteiger partial charge in [-0.2, -0.15) is 0 Å². The van der Waals surface area contributed by atoms with Crippen molar-refractivity contribution in [1.82, 2.24) is 0 Å². The Morgan fingerprint density at radius 2 is 1.50 bits per heavy atom. The van der Waals surface area contributed by atoms with Gasteiger partial charge in [-0.1, -0.05) is 122 Å². The maximum atomic E-state index is 12.9. The van der Waals surface area contributed by atoms with Crippen molar-refractivity contribution in [2.24, 2.45) is 11.8 Å².